The molecule has 0 unspecified atom stereocenters. The van der Waals surface area contributed by atoms with Gasteiger partial charge < -0.3 is 4.90 Å². The van der Waals surface area contributed by atoms with Gasteiger partial charge in [0, 0.05) is 13.0 Å². The van der Waals surface area contributed by atoms with Crippen LogP contribution in [0.5, 0.6) is 0 Å². The van der Waals surface area contributed by atoms with Crippen LogP contribution in [-0.4, -0.2) is 23.1 Å². The molecule has 2 aliphatic heterocycles. The van der Waals surface area contributed by atoms with E-state index in [1.807, 2.05) is 4.90 Å². The normalized spacial score (nSPS) is 23.6. The van der Waals surface area contributed by atoms with Crippen molar-refractivity contribution in [3.8, 4) is 0 Å². The first-order chi connectivity index (χ1) is 7.75. The average molecular weight is 217 g/mol. The summed E-state index contributed by atoms with van der Waals surface area (Å²) in [5.41, 5.74) is 0.897. The molecule has 1 atom stereocenters. The molecule has 0 amide bonds. The van der Waals surface area contributed by atoms with E-state index in [-0.39, 0.29) is 11.9 Å². The first-order valence-corrected chi connectivity index (χ1v) is 5.44. The van der Waals surface area contributed by atoms with Crippen LogP contribution in [-0.2, 0) is 0 Å². The number of hydrogen-bond donors (Lipinski definition) is 1. The smallest absolute Gasteiger partial charge is 0.134 e. The molecule has 4 heteroatoms. The molecule has 0 aliphatic carbocycles. The summed E-state index contributed by atoms with van der Waals surface area (Å²) in [5.74, 6) is 1.29. The minimum absolute atomic E-state index is 0.226. The van der Waals surface area contributed by atoms with E-state index in [2.05, 4.69) is 4.99 Å². The van der Waals surface area contributed by atoms with Crippen LogP contribution in [0.1, 0.15) is 24.4 Å². The maximum Gasteiger partial charge on any atom is 0.134 e. The Balaban J connectivity index is 1.94. The van der Waals surface area contributed by atoms with Gasteiger partial charge in [-0.1, -0.05) is 12.1 Å². The minimum Gasteiger partial charge on any atom is -0.317 e. The molecule has 82 valence electrons. The lowest BCUT2D eigenvalue weighted by molar-refractivity contribution is 0.625. The summed E-state index contributed by atoms with van der Waals surface area (Å²) in [4.78, 5) is 6.49. The molecule has 16 heavy (non-hydrogen) atoms. The number of rotatable bonds is 1. The SMILES string of the molecule is N=C1[C@@H](c2ccc(F)cc2)N=C2CCCN12. The minimum atomic E-state index is -0.249. The topological polar surface area (TPSA) is 39.5 Å². The molecule has 1 aromatic rings. The maximum absolute atomic E-state index is 12.8. The summed E-state index contributed by atoms with van der Waals surface area (Å²) >= 11 is 0. The van der Waals surface area contributed by atoms with E-state index in [1.165, 1.54) is 12.1 Å². The van der Waals surface area contributed by atoms with Gasteiger partial charge in [0.25, 0.3) is 0 Å². The lowest BCUT2D eigenvalue weighted by Gasteiger charge is -2.14. The molecule has 0 aromatic heterocycles. The van der Waals surface area contributed by atoms with Gasteiger partial charge in [-0.3, -0.25) is 10.4 Å². The third-order valence-corrected chi connectivity index (χ3v) is 3.11. The standard InChI is InChI=1S/C12H12FN3/c13-9-5-3-8(4-6-9)11-12(14)16-7-1-2-10(16)15-11/h3-6,11,14H,1-2,7H2/t11-/m1/s1. The van der Waals surface area contributed by atoms with E-state index >= 15 is 0 Å². The van der Waals surface area contributed by atoms with Gasteiger partial charge in [-0.15, -0.1) is 0 Å². The van der Waals surface area contributed by atoms with Gasteiger partial charge in [-0.25, -0.2) is 4.39 Å². The second-order valence-electron chi connectivity index (χ2n) is 4.14. The van der Waals surface area contributed by atoms with E-state index in [0.717, 1.165) is 30.8 Å². The molecule has 1 N–H and O–H groups in total. The zero-order valence-corrected chi connectivity index (χ0v) is 8.78. The highest BCUT2D eigenvalue weighted by Gasteiger charge is 2.34. The molecule has 0 spiro atoms. The fourth-order valence-electron chi connectivity index (χ4n) is 2.29. The second-order valence-corrected chi connectivity index (χ2v) is 4.14. The highest BCUT2D eigenvalue weighted by atomic mass is 19.1. The largest absolute Gasteiger partial charge is 0.317 e. The fraction of sp³-hybridized carbons (Fsp3) is 0.333. The quantitative estimate of drug-likeness (QED) is 0.770. The van der Waals surface area contributed by atoms with E-state index in [9.17, 15) is 4.39 Å². The van der Waals surface area contributed by atoms with Crippen molar-refractivity contribution in [3.05, 3.63) is 35.6 Å². The van der Waals surface area contributed by atoms with Gasteiger partial charge in [0.2, 0.25) is 0 Å². The summed E-state index contributed by atoms with van der Waals surface area (Å²) in [7, 11) is 0. The van der Waals surface area contributed by atoms with Crippen molar-refractivity contribution in [2.75, 3.05) is 6.54 Å². The molecule has 0 saturated carbocycles. The summed E-state index contributed by atoms with van der Waals surface area (Å²) in [6.45, 7) is 0.898. The lowest BCUT2D eigenvalue weighted by atomic mass is 10.1. The van der Waals surface area contributed by atoms with Crippen molar-refractivity contribution in [1.29, 1.82) is 5.41 Å². The average Bonchev–Trinajstić information content (AvgIpc) is 2.84. The van der Waals surface area contributed by atoms with Crippen molar-refractivity contribution < 1.29 is 4.39 Å². The van der Waals surface area contributed by atoms with Gasteiger partial charge in [0.1, 0.15) is 23.5 Å². The van der Waals surface area contributed by atoms with Crippen LogP contribution in [0.4, 0.5) is 4.39 Å². The Hall–Kier alpha value is -1.71. The van der Waals surface area contributed by atoms with Gasteiger partial charge >= 0.3 is 0 Å². The molecular formula is C12H12FN3. The molecular weight excluding hydrogens is 205 g/mol. The van der Waals surface area contributed by atoms with Crippen molar-refractivity contribution in [3.63, 3.8) is 0 Å². The number of halogens is 1. The molecule has 0 bridgehead atoms. The number of fused-ring (bicyclic) bond motifs is 1. The number of nitrogens with zero attached hydrogens (tertiary/aromatic N) is 2. The lowest BCUT2D eigenvalue weighted by Crippen LogP contribution is -2.27. The van der Waals surface area contributed by atoms with Crippen LogP contribution < -0.4 is 0 Å². The third-order valence-electron chi connectivity index (χ3n) is 3.11. The van der Waals surface area contributed by atoms with Crippen LogP contribution >= 0.6 is 0 Å². The Morgan fingerprint density at radius 2 is 2.06 bits per heavy atom. The van der Waals surface area contributed by atoms with Crippen molar-refractivity contribution in [2.45, 2.75) is 18.9 Å². The number of benzene rings is 1. The highest BCUT2D eigenvalue weighted by molar-refractivity contribution is 6.08. The van der Waals surface area contributed by atoms with Gasteiger partial charge in [0.15, 0.2) is 0 Å². The Morgan fingerprint density at radius 1 is 1.31 bits per heavy atom. The Morgan fingerprint density at radius 3 is 2.75 bits per heavy atom. The van der Waals surface area contributed by atoms with Gasteiger partial charge in [-0.2, -0.15) is 0 Å². The summed E-state index contributed by atoms with van der Waals surface area (Å²) in [6.07, 6.45) is 2.04. The predicted octanol–water partition coefficient (Wildman–Crippen LogP) is 2.35. The molecule has 2 heterocycles. The van der Waals surface area contributed by atoms with E-state index < -0.39 is 0 Å². The van der Waals surface area contributed by atoms with Crippen molar-refractivity contribution in [2.24, 2.45) is 4.99 Å². The molecule has 2 aliphatic rings. The predicted molar refractivity (Wildman–Crippen MR) is 60.2 cm³/mol. The van der Waals surface area contributed by atoms with Crippen LogP contribution in [0.15, 0.2) is 29.3 Å². The number of nitrogens with one attached hydrogen (secondary N) is 1. The monoisotopic (exact) mass is 217 g/mol. The van der Waals surface area contributed by atoms with Gasteiger partial charge in [0.05, 0.1) is 0 Å². The Kier molecular flexibility index (Phi) is 2.02. The maximum atomic E-state index is 12.8. The van der Waals surface area contributed by atoms with E-state index in [4.69, 9.17) is 5.41 Å². The van der Waals surface area contributed by atoms with Crippen LogP contribution in [0.2, 0.25) is 0 Å². The Labute approximate surface area is 93.1 Å². The second kappa shape index (κ2) is 3.40. The van der Waals surface area contributed by atoms with Crippen molar-refractivity contribution >= 4 is 11.7 Å². The molecule has 1 aromatic carbocycles. The number of aliphatic imine (C=N–C) groups is 1. The summed E-state index contributed by atoms with van der Waals surface area (Å²) in [6, 6.07) is 6.04. The first-order valence-electron chi connectivity index (χ1n) is 5.44. The fourth-order valence-corrected chi connectivity index (χ4v) is 2.29. The van der Waals surface area contributed by atoms with E-state index in [1.54, 1.807) is 12.1 Å². The number of hydrogen-bond acceptors (Lipinski definition) is 2. The van der Waals surface area contributed by atoms with Crippen LogP contribution in [0.3, 0.4) is 0 Å². The summed E-state index contributed by atoms with van der Waals surface area (Å²) in [5, 5.41) is 8.04. The zero-order chi connectivity index (χ0) is 11.1. The van der Waals surface area contributed by atoms with Gasteiger partial charge in [-0.05, 0) is 24.1 Å². The number of amidine groups is 2. The summed E-state index contributed by atoms with van der Waals surface area (Å²) < 4.78 is 12.8. The Bertz CT molecular complexity index is 464. The molecule has 1 saturated heterocycles. The molecule has 3 nitrogen and oxygen atoms in total. The van der Waals surface area contributed by atoms with Crippen LogP contribution in [0.25, 0.3) is 0 Å². The highest BCUT2D eigenvalue weighted by Crippen LogP contribution is 2.30. The molecule has 0 radical (unpaired) electrons. The molecule has 1 fully saturated rings. The van der Waals surface area contributed by atoms with Crippen molar-refractivity contribution in [1.82, 2.24) is 4.90 Å². The third kappa shape index (κ3) is 1.33. The van der Waals surface area contributed by atoms with E-state index in [0.29, 0.717) is 5.84 Å². The first kappa shape index (κ1) is 9.51. The van der Waals surface area contributed by atoms with Crippen LogP contribution in [0, 0.1) is 11.2 Å². The molecule has 3 rings (SSSR count). The zero-order valence-electron chi connectivity index (χ0n) is 8.78.